The van der Waals surface area contributed by atoms with Crippen LogP contribution in [0, 0.1) is 6.92 Å². The molecule has 3 heterocycles. The highest BCUT2D eigenvalue weighted by Crippen LogP contribution is 2.40. The monoisotopic (exact) mass is 617 g/mol. The fourth-order valence-corrected chi connectivity index (χ4v) is 5.65. The summed E-state index contributed by atoms with van der Waals surface area (Å²) in [5.74, 6) is 0.665. The van der Waals surface area contributed by atoms with Gasteiger partial charge in [0.05, 0.1) is 17.8 Å². The summed E-state index contributed by atoms with van der Waals surface area (Å²) in [6.07, 6.45) is 5.55. The van der Waals surface area contributed by atoms with Crippen LogP contribution in [0.4, 0.5) is 26.9 Å². The lowest BCUT2D eigenvalue weighted by atomic mass is 9.89. The van der Waals surface area contributed by atoms with Crippen molar-refractivity contribution < 1.29 is 23.9 Å². The molecule has 2 atom stereocenters. The zero-order chi connectivity index (χ0) is 32.5. The Morgan fingerprint density at radius 1 is 0.978 bits per heavy atom. The van der Waals surface area contributed by atoms with E-state index >= 15 is 0 Å². The van der Waals surface area contributed by atoms with Crippen molar-refractivity contribution in [1.29, 1.82) is 0 Å². The van der Waals surface area contributed by atoms with Crippen LogP contribution in [0.15, 0.2) is 36.7 Å². The van der Waals surface area contributed by atoms with Crippen molar-refractivity contribution in [3.05, 3.63) is 53.3 Å². The zero-order valence-electron chi connectivity index (χ0n) is 27.0. The third kappa shape index (κ3) is 7.73. The van der Waals surface area contributed by atoms with Gasteiger partial charge in [-0.3, -0.25) is 4.79 Å². The number of amides is 2. The van der Waals surface area contributed by atoms with Gasteiger partial charge in [-0.2, -0.15) is 9.78 Å². The van der Waals surface area contributed by atoms with Gasteiger partial charge in [0, 0.05) is 35.6 Å². The minimum atomic E-state index is -0.699. The Hall–Kier alpha value is -4.61. The molecule has 12 nitrogen and oxygen atoms in total. The molecule has 1 aromatic carbocycles. The maximum atomic E-state index is 13.2. The number of nitrogens with one attached hydrogen (secondary N) is 4. The number of fused-ring (bicyclic) bond motifs is 1. The molecule has 2 amide bonds. The number of aryl methyl sites for hydroxylation is 1. The van der Waals surface area contributed by atoms with E-state index in [2.05, 4.69) is 26.4 Å². The number of aromatic nitrogens is 3. The fourth-order valence-electron chi connectivity index (χ4n) is 5.65. The molecule has 1 aliphatic heterocycles. The predicted molar refractivity (Wildman–Crippen MR) is 172 cm³/mol. The lowest BCUT2D eigenvalue weighted by Crippen LogP contribution is -2.50. The molecule has 0 bridgehead atoms. The normalized spacial score (nSPS) is 18.1. The van der Waals surface area contributed by atoms with Gasteiger partial charge in [0.15, 0.2) is 0 Å². The Bertz CT molecular complexity index is 1600. The number of carbonyl (C=O) groups excluding carboxylic acids is 3. The molecule has 5 rings (SSSR count). The van der Waals surface area contributed by atoms with Crippen molar-refractivity contribution in [3.63, 3.8) is 0 Å². The van der Waals surface area contributed by atoms with Crippen LogP contribution in [0.1, 0.15) is 88.7 Å². The van der Waals surface area contributed by atoms with Crippen molar-refractivity contribution in [2.24, 2.45) is 0 Å². The number of hydrogen-bond acceptors (Lipinski definition) is 9. The van der Waals surface area contributed by atoms with Crippen LogP contribution in [0.3, 0.4) is 0 Å². The van der Waals surface area contributed by atoms with Crippen molar-refractivity contribution in [2.45, 2.75) is 104 Å². The van der Waals surface area contributed by atoms with E-state index in [0.717, 1.165) is 47.2 Å². The topological polar surface area (TPSA) is 149 Å². The summed E-state index contributed by atoms with van der Waals surface area (Å²) in [5, 5.41) is 17.3. The Labute approximate surface area is 263 Å². The van der Waals surface area contributed by atoms with Gasteiger partial charge in [0.1, 0.15) is 22.8 Å². The number of benzene rings is 1. The van der Waals surface area contributed by atoms with Crippen LogP contribution >= 0.6 is 0 Å². The standard InChI is InChI=1S/C33H43N7O5/c1-19-11-10-12-21(15-19)36-28-26-22(17-34-29(26)41)25(20-16-35-40(18-20)31(43)45-33(5,6)7)27(39-28)37-23-13-8-9-14-24(23)38-30(42)44-32(2,3)4/h10-12,15-16,18,23-24H,8-9,13-14,17H2,1-7H3,(H,34,41)(H,38,42)(H2,36,37,39). The highest BCUT2D eigenvalue weighted by Gasteiger charge is 2.34. The summed E-state index contributed by atoms with van der Waals surface area (Å²) in [7, 11) is 0. The van der Waals surface area contributed by atoms with Gasteiger partial charge < -0.3 is 30.7 Å². The predicted octanol–water partition coefficient (Wildman–Crippen LogP) is 6.27. The van der Waals surface area contributed by atoms with Crippen LogP contribution in [0.2, 0.25) is 0 Å². The van der Waals surface area contributed by atoms with Gasteiger partial charge in [0.2, 0.25) is 0 Å². The molecule has 4 N–H and O–H groups in total. The molecule has 0 saturated heterocycles. The minimum absolute atomic E-state index is 0.173. The molecular weight excluding hydrogens is 574 g/mol. The minimum Gasteiger partial charge on any atom is -0.444 e. The van der Waals surface area contributed by atoms with Crippen LogP contribution in [-0.4, -0.2) is 56.1 Å². The van der Waals surface area contributed by atoms with Gasteiger partial charge in [-0.05, 0) is 84.6 Å². The van der Waals surface area contributed by atoms with E-state index in [0.29, 0.717) is 28.3 Å². The first-order valence-electron chi connectivity index (χ1n) is 15.4. The number of nitrogens with zero attached hydrogens (tertiary/aromatic N) is 3. The quantitative estimate of drug-likeness (QED) is 0.251. The second-order valence-corrected chi connectivity index (χ2v) is 13.7. The zero-order valence-corrected chi connectivity index (χ0v) is 27.0. The van der Waals surface area contributed by atoms with E-state index in [1.54, 1.807) is 33.2 Å². The molecule has 1 aliphatic carbocycles. The summed E-state index contributed by atoms with van der Waals surface area (Å²) in [6.45, 7) is 13.1. The van der Waals surface area contributed by atoms with E-state index in [-0.39, 0.29) is 24.5 Å². The third-order valence-corrected chi connectivity index (χ3v) is 7.48. The Morgan fingerprint density at radius 3 is 2.38 bits per heavy atom. The number of hydrogen-bond donors (Lipinski definition) is 4. The number of pyridine rings is 1. The van der Waals surface area contributed by atoms with Gasteiger partial charge in [-0.25, -0.2) is 14.6 Å². The van der Waals surface area contributed by atoms with E-state index in [9.17, 15) is 14.4 Å². The van der Waals surface area contributed by atoms with Gasteiger partial charge in [-0.1, -0.05) is 25.0 Å². The maximum Gasteiger partial charge on any atom is 0.435 e. The first-order chi connectivity index (χ1) is 21.2. The summed E-state index contributed by atoms with van der Waals surface area (Å²) in [5.41, 5.74) is 2.92. The lowest BCUT2D eigenvalue weighted by Gasteiger charge is -2.34. The summed E-state index contributed by atoms with van der Waals surface area (Å²) in [6, 6.07) is 7.44. The fraction of sp³-hybridized carbons (Fsp3) is 0.485. The van der Waals surface area contributed by atoms with Crippen LogP contribution < -0.4 is 21.3 Å². The molecule has 0 radical (unpaired) electrons. The third-order valence-electron chi connectivity index (χ3n) is 7.48. The van der Waals surface area contributed by atoms with E-state index in [4.69, 9.17) is 14.5 Å². The van der Waals surface area contributed by atoms with Crippen molar-refractivity contribution >= 4 is 35.4 Å². The molecule has 3 aromatic rings. The number of alkyl carbamates (subject to hydrolysis) is 1. The summed E-state index contributed by atoms with van der Waals surface area (Å²) in [4.78, 5) is 43.8. The number of anilines is 3. The second kappa shape index (κ2) is 12.4. The van der Waals surface area contributed by atoms with E-state index in [1.165, 1.54) is 0 Å². The van der Waals surface area contributed by atoms with Gasteiger partial charge in [-0.15, -0.1) is 0 Å². The van der Waals surface area contributed by atoms with Crippen molar-refractivity contribution in [3.8, 4) is 11.1 Å². The Balaban J connectivity index is 1.57. The Kier molecular flexibility index (Phi) is 8.77. The highest BCUT2D eigenvalue weighted by atomic mass is 16.6. The summed E-state index contributed by atoms with van der Waals surface area (Å²) < 4.78 is 12.2. The van der Waals surface area contributed by atoms with E-state index in [1.807, 2.05) is 52.0 Å². The molecule has 2 aromatic heterocycles. The molecule has 12 heteroatoms. The van der Waals surface area contributed by atoms with Gasteiger partial charge >= 0.3 is 12.2 Å². The molecule has 1 fully saturated rings. The average molecular weight is 618 g/mol. The SMILES string of the molecule is Cc1cccc(Nc2nc(NC3CCCCC3NC(=O)OC(C)(C)C)c(-c3cnn(C(=O)OC(C)(C)C)c3)c3c2C(=O)NC3)c1. The molecule has 1 saturated carbocycles. The molecule has 2 aliphatic rings. The van der Waals surface area contributed by atoms with Crippen molar-refractivity contribution in [2.75, 3.05) is 10.6 Å². The Morgan fingerprint density at radius 2 is 1.69 bits per heavy atom. The number of ether oxygens (including phenoxy) is 2. The van der Waals surface area contributed by atoms with Crippen LogP contribution in [0.25, 0.3) is 11.1 Å². The first kappa shape index (κ1) is 31.8. The molecular formula is C33H43N7O5. The number of rotatable bonds is 6. The highest BCUT2D eigenvalue weighted by molar-refractivity contribution is 6.06. The molecule has 240 valence electrons. The van der Waals surface area contributed by atoms with Crippen LogP contribution in [0.5, 0.6) is 0 Å². The summed E-state index contributed by atoms with van der Waals surface area (Å²) >= 11 is 0. The first-order valence-corrected chi connectivity index (χ1v) is 15.4. The molecule has 45 heavy (non-hydrogen) atoms. The largest absolute Gasteiger partial charge is 0.444 e. The van der Waals surface area contributed by atoms with Crippen molar-refractivity contribution in [1.82, 2.24) is 25.4 Å². The molecule has 0 spiro atoms. The van der Waals surface area contributed by atoms with Gasteiger partial charge in [0.25, 0.3) is 5.91 Å². The second-order valence-electron chi connectivity index (χ2n) is 13.7. The van der Waals surface area contributed by atoms with E-state index < -0.39 is 23.4 Å². The van der Waals surface area contributed by atoms with Crippen LogP contribution in [-0.2, 0) is 16.0 Å². The number of carbonyl (C=O) groups is 3. The lowest BCUT2D eigenvalue weighted by molar-refractivity contribution is 0.0484. The maximum absolute atomic E-state index is 13.2. The average Bonchev–Trinajstić information content (AvgIpc) is 3.56. The molecule has 2 unspecified atom stereocenters. The smallest absolute Gasteiger partial charge is 0.435 e.